The van der Waals surface area contributed by atoms with Gasteiger partial charge in [-0.1, -0.05) is 81.8 Å². The second-order valence-electron chi connectivity index (χ2n) is 15.9. The Morgan fingerprint density at radius 1 is 0.926 bits per heavy atom. The van der Waals surface area contributed by atoms with E-state index in [1.54, 1.807) is 0 Å². The van der Waals surface area contributed by atoms with E-state index in [9.17, 15) is 62.7 Å². The first-order valence-corrected chi connectivity index (χ1v) is 27.0. The fourth-order valence-corrected chi connectivity index (χ4v) is 9.65. The largest absolute Gasteiger partial charge is 0.481 e. The summed E-state index contributed by atoms with van der Waals surface area (Å²) >= 11 is 0.907. The van der Waals surface area contributed by atoms with Crippen LogP contribution in [0, 0.1) is 5.41 Å². The number of phosphoric ester groups is 3. The van der Waals surface area contributed by atoms with Crippen molar-refractivity contribution in [2.24, 2.45) is 5.41 Å². The molecule has 0 aliphatic carbocycles. The van der Waals surface area contributed by atoms with Gasteiger partial charge in [0, 0.05) is 37.1 Å². The Bertz CT molecular complexity index is 2220. The van der Waals surface area contributed by atoms with Gasteiger partial charge in [-0.05, 0) is 32.1 Å². The lowest BCUT2D eigenvalue weighted by atomic mass is 9.87. The van der Waals surface area contributed by atoms with Crippen molar-refractivity contribution in [2.45, 2.75) is 116 Å². The van der Waals surface area contributed by atoms with Crippen LogP contribution >= 0.6 is 35.2 Å². The first-order valence-electron chi connectivity index (χ1n) is 21.5. The molecule has 1 saturated heterocycles. The molecular formula is C39H62N7O18P3S. The molecule has 0 spiro atoms. The average Bonchev–Trinajstić information content (AvgIpc) is 3.82. The summed E-state index contributed by atoms with van der Waals surface area (Å²) in [6.07, 6.45) is 12.3. The number of phosphoric acid groups is 3. The lowest BCUT2D eigenvalue weighted by molar-refractivity contribution is -0.137. The molecule has 382 valence electrons. The Morgan fingerprint density at radius 2 is 1.59 bits per heavy atom. The van der Waals surface area contributed by atoms with Crippen molar-refractivity contribution in [3.8, 4) is 0 Å². The van der Waals surface area contributed by atoms with E-state index in [2.05, 4.69) is 65.6 Å². The van der Waals surface area contributed by atoms with Crippen molar-refractivity contribution < 1.29 is 85.3 Å². The number of aliphatic hydroxyl groups is 2. The molecule has 1 aliphatic rings. The Balaban J connectivity index is 1.34. The predicted molar refractivity (Wildman–Crippen MR) is 247 cm³/mol. The zero-order valence-electron chi connectivity index (χ0n) is 37.8. The van der Waals surface area contributed by atoms with E-state index in [1.165, 1.54) is 33.1 Å². The minimum absolute atomic E-state index is 0.0236. The van der Waals surface area contributed by atoms with Crippen molar-refractivity contribution in [1.82, 2.24) is 30.2 Å². The first-order chi connectivity index (χ1) is 31.9. The maximum atomic E-state index is 12.7. The van der Waals surface area contributed by atoms with Gasteiger partial charge in [0.1, 0.15) is 42.0 Å². The number of fused-ring (bicyclic) bond motifs is 1. The number of carbonyl (C=O) groups is 4. The third-order valence-corrected chi connectivity index (χ3v) is 13.7. The van der Waals surface area contributed by atoms with Crippen LogP contribution in [0.2, 0.25) is 0 Å². The number of nitrogen functional groups attached to an aromatic ring is 1. The molecule has 3 heterocycles. The number of ketones is 1. The van der Waals surface area contributed by atoms with Crippen molar-refractivity contribution in [1.29, 1.82) is 0 Å². The van der Waals surface area contributed by atoms with Crippen LogP contribution in [0.25, 0.3) is 11.2 Å². The number of amides is 2. The van der Waals surface area contributed by atoms with Gasteiger partial charge in [-0.2, -0.15) is 4.31 Å². The quantitative estimate of drug-likeness (QED) is 0.0219. The smallest absolute Gasteiger partial charge is 0.386 e. The number of thioether (sulfide) groups is 1. The molecule has 0 saturated carbocycles. The number of unbranched alkanes of at least 4 members (excludes halogenated alkanes) is 3. The highest BCUT2D eigenvalue weighted by atomic mass is 32.2. The summed E-state index contributed by atoms with van der Waals surface area (Å²) in [5, 5.41) is 26.1. The van der Waals surface area contributed by atoms with Crippen LogP contribution in [-0.4, -0.2) is 128 Å². The number of hydrogen-bond acceptors (Lipinski definition) is 19. The maximum absolute atomic E-state index is 12.7. The number of nitrogens with two attached hydrogens (primary N) is 1. The predicted octanol–water partition coefficient (Wildman–Crippen LogP) is 3.43. The highest BCUT2D eigenvalue weighted by Gasteiger charge is 2.50. The van der Waals surface area contributed by atoms with Crippen LogP contribution in [-0.2, 0) is 55.5 Å². The second kappa shape index (κ2) is 28.3. The van der Waals surface area contributed by atoms with E-state index in [1.807, 2.05) is 12.2 Å². The molecule has 25 nitrogen and oxygen atoms in total. The molecular weight excluding hydrogens is 979 g/mol. The maximum Gasteiger partial charge on any atom is 0.481 e. The standard InChI is InChI=1S/C39H62N7O18P3S/c1-4-5-6-7-8-9-10-11-12-13-14-15-16-17-27(47)22-30(49)68-21-20-41-29(48)18-19-42-37(52)34(51)39(2,3)24-61-67(58,59)64-66(56,57)60-23-28-33(63-65(53,54)55)32(50)38(62-28)46-26-45-31-35(40)43-25-44-36(31)46/h8-9,11-12,14-15,25-26,28,32-34,38,50-51H,4-7,10,13,16-24H2,1-3H3,(H,41,48)(H,42,52)(H,56,57)(H,58,59)(H2,40,43,44)(H2,53,54,55)/b9-8-,12-11-,15-14-/t28-,32-,33-,34+,38-/m1/s1. The molecule has 1 fully saturated rings. The van der Waals surface area contributed by atoms with Gasteiger partial charge in [-0.25, -0.2) is 28.6 Å². The van der Waals surface area contributed by atoms with E-state index in [4.69, 9.17) is 19.5 Å². The summed E-state index contributed by atoms with van der Waals surface area (Å²) in [5.74, 6) is -1.52. The molecule has 0 bridgehead atoms. The number of hydrogen-bond donors (Lipinski definition) is 9. The zero-order valence-corrected chi connectivity index (χ0v) is 41.3. The highest BCUT2D eigenvalue weighted by molar-refractivity contribution is 8.13. The molecule has 3 rings (SSSR count). The number of carbonyl (C=O) groups excluding carboxylic acids is 4. The number of allylic oxidation sites excluding steroid dienone is 6. The number of aromatic nitrogens is 4. The lowest BCUT2D eigenvalue weighted by Gasteiger charge is -2.30. The van der Waals surface area contributed by atoms with Gasteiger partial charge >= 0.3 is 23.5 Å². The summed E-state index contributed by atoms with van der Waals surface area (Å²) in [6.45, 7) is 2.47. The zero-order chi connectivity index (χ0) is 50.5. The molecule has 2 aromatic rings. The van der Waals surface area contributed by atoms with Gasteiger partial charge in [-0.15, -0.1) is 0 Å². The topological polar surface area (TPSA) is 381 Å². The average molecular weight is 1040 g/mol. The third-order valence-electron chi connectivity index (χ3n) is 9.71. The highest BCUT2D eigenvalue weighted by Crippen LogP contribution is 2.61. The van der Waals surface area contributed by atoms with Gasteiger partial charge in [0.05, 0.1) is 26.0 Å². The van der Waals surface area contributed by atoms with Crippen LogP contribution in [0.5, 0.6) is 0 Å². The fraction of sp³-hybridized carbons (Fsp3) is 0.615. The summed E-state index contributed by atoms with van der Waals surface area (Å²) < 4.78 is 62.3. The van der Waals surface area contributed by atoms with E-state index in [-0.39, 0.29) is 66.0 Å². The Kier molecular flexibility index (Phi) is 24.5. The van der Waals surface area contributed by atoms with E-state index < -0.39 is 84.6 Å². The Labute approximate surface area is 397 Å². The molecule has 68 heavy (non-hydrogen) atoms. The molecule has 0 radical (unpaired) electrons. The summed E-state index contributed by atoms with van der Waals surface area (Å²) in [6, 6.07) is 0. The number of Topliss-reactive ketones (excluding diaryl/α,β-unsaturated/α-hetero) is 1. The normalized spacial score (nSPS) is 20.2. The molecule has 29 heteroatoms. The van der Waals surface area contributed by atoms with E-state index in [0.717, 1.165) is 48.2 Å². The van der Waals surface area contributed by atoms with Crippen LogP contribution in [0.4, 0.5) is 5.82 Å². The molecule has 10 N–H and O–H groups in total. The van der Waals surface area contributed by atoms with Gasteiger partial charge in [-0.3, -0.25) is 37.3 Å². The summed E-state index contributed by atoms with van der Waals surface area (Å²) in [7, 11) is -16.5. The van der Waals surface area contributed by atoms with Crippen LogP contribution < -0.4 is 16.4 Å². The van der Waals surface area contributed by atoms with Crippen molar-refractivity contribution in [2.75, 3.05) is 37.8 Å². The van der Waals surface area contributed by atoms with Gasteiger partial charge in [0.15, 0.2) is 22.8 Å². The lowest BCUT2D eigenvalue weighted by Crippen LogP contribution is -2.46. The minimum atomic E-state index is -5.59. The molecule has 0 aromatic carbocycles. The van der Waals surface area contributed by atoms with E-state index in [0.29, 0.717) is 6.42 Å². The van der Waals surface area contributed by atoms with Crippen molar-refractivity contribution in [3.63, 3.8) is 0 Å². The molecule has 7 atom stereocenters. The van der Waals surface area contributed by atoms with E-state index >= 15 is 0 Å². The number of imidazole rings is 1. The fourth-order valence-electron chi connectivity index (χ4n) is 6.13. The number of anilines is 1. The third kappa shape index (κ3) is 21.2. The second-order valence-corrected chi connectivity index (χ2v) is 21.3. The van der Waals surface area contributed by atoms with Gasteiger partial charge in [0.25, 0.3) is 0 Å². The Hall–Kier alpha value is -3.55. The summed E-state index contributed by atoms with van der Waals surface area (Å²) in [4.78, 5) is 100. The Morgan fingerprint density at radius 3 is 2.26 bits per heavy atom. The number of ether oxygens (including phenoxy) is 1. The van der Waals surface area contributed by atoms with Crippen LogP contribution in [0.3, 0.4) is 0 Å². The number of rotatable bonds is 32. The number of nitrogens with one attached hydrogen (secondary N) is 2. The number of aliphatic hydroxyl groups excluding tert-OH is 2. The van der Waals surface area contributed by atoms with Crippen LogP contribution in [0.15, 0.2) is 49.1 Å². The van der Waals surface area contributed by atoms with Crippen LogP contribution in [0.1, 0.15) is 91.2 Å². The SMILES string of the molecule is CCCCC/C=C\C/C=C\C/C=C\CCC(=O)CC(=O)SCCNC(=O)CCNC(=O)[C@H](O)C(C)(C)COP(=O)(O)OP(=O)(O)OC[C@H]1O[C@@H](n2cnc3c(N)ncnc32)[C@H](O)[C@@H]1OP(=O)(O)O. The molecule has 2 amide bonds. The molecule has 2 aromatic heterocycles. The molecule has 1 aliphatic heterocycles. The van der Waals surface area contributed by atoms with Crippen molar-refractivity contribution >= 4 is 74.9 Å². The van der Waals surface area contributed by atoms with Gasteiger partial charge in [0.2, 0.25) is 11.8 Å². The first kappa shape index (κ1) is 58.8. The van der Waals surface area contributed by atoms with Crippen molar-refractivity contribution in [3.05, 3.63) is 49.1 Å². The molecule has 2 unspecified atom stereocenters. The minimum Gasteiger partial charge on any atom is -0.386 e. The van der Waals surface area contributed by atoms with Gasteiger partial charge < -0.3 is 50.9 Å². The number of nitrogens with zero attached hydrogens (tertiary/aromatic N) is 4. The summed E-state index contributed by atoms with van der Waals surface area (Å²) in [5.41, 5.74) is 4.23. The monoisotopic (exact) mass is 1040 g/mol.